The van der Waals surface area contributed by atoms with Gasteiger partial charge < -0.3 is 24.2 Å². The molecule has 1 aliphatic carbocycles. The number of anilines is 1. The van der Waals surface area contributed by atoms with Gasteiger partial charge in [0.2, 0.25) is 14.2 Å². The van der Waals surface area contributed by atoms with E-state index in [-0.39, 0.29) is 28.9 Å². The summed E-state index contributed by atoms with van der Waals surface area (Å²) >= 11 is 0. The molecule has 0 saturated heterocycles. The maximum atomic E-state index is 11.8. The Hall–Kier alpha value is -3.85. The number of pyridine rings is 1. The van der Waals surface area contributed by atoms with Gasteiger partial charge in [0.15, 0.2) is 0 Å². The highest BCUT2D eigenvalue weighted by Gasteiger charge is 2.61. The number of nitrogens with zero attached hydrogens (tertiary/aromatic N) is 2. The molecule has 200 valence electrons. The third-order valence-electron chi connectivity index (χ3n) is 8.62. The minimum absolute atomic E-state index is 0.0161. The molecule has 0 spiro atoms. The van der Waals surface area contributed by atoms with E-state index in [1.54, 1.807) is 6.20 Å². The van der Waals surface area contributed by atoms with Crippen molar-refractivity contribution < 1.29 is 18.7 Å². The molecule has 7 rings (SSSR count). The van der Waals surface area contributed by atoms with E-state index in [0.29, 0.717) is 18.7 Å². The van der Waals surface area contributed by atoms with Crippen molar-refractivity contribution in [3.8, 4) is 23.0 Å². The number of carbonyl (C=O) groups excluding carboxylic acids is 1. The van der Waals surface area contributed by atoms with Gasteiger partial charge in [-0.05, 0) is 61.0 Å². The molecule has 3 unspecified atom stereocenters. The van der Waals surface area contributed by atoms with E-state index in [9.17, 15) is 4.79 Å². The summed E-state index contributed by atoms with van der Waals surface area (Å²) in [6, 6.07) is 14.0. The summed E-state index contributed by atoms with van der Waals surface area (Å²) < 4.78 is 19.1. The summed E-state index contributed by atoms with van der Waals surface area (Å²) in [5.41, 5.74) is 3.98. The van der Waals surface area contributed by atoms with Crippen LogP contribution in [0.5, 0.6) is 23.0 Å². The van der Waals surface area contributed by atoms with Gasteiger partial charge in [-0.25, -0.2) is 9.97 Å². The summed E-state index contributed by atoms with van der Waals surface area (Å²) in [6.07, 6.45) is 2.77. The largest absolute Gasteiger partial charge is 0.543 e. The molecule has 0 bridgehead atoms. The summed E-state index contributed by atoms with van der Waals surface area (Å²) in [5.74, 6) is 5.17. The SMILES string of the molecule is CC(C)(C)[Si](C)(C)Oc1ccc2nc(C3C4Oc5ccc(Oc6ccnc7c6CCC(=O)N7)cc5C43)[nH]c2c1. The highest BCUT2D eigenvalue weighted by atomic mass is 28.4. The number of amides is 1. The van der Waals surface area contributed by atoms with E-state index in [4.69, 9.17) is 18.9 Å². The Bertz CT molecular complexity index is 1640. The lowest BCUT2D eigenvalue weighted by Gasteiger charge is -2.36. The van der Waals surface area contributed by atoms with Crippen molar-refractivity contribution in [1.82, 2.24) is 15.0 Å². The maximum Gasteiger partial charge on any atom is 0.250 e. The van der Waals surface area contributed by atoms with Crippen molar-refractivity contribution in [3.63, 3.8) is 0 Å². The molecular weight excluding hydrogens is 508 g/mol. The standard InChI is InChI=1S/C30H32N4O4Si/c1-30(2,3)39(4,5)38-17-6-9-20-21(15-17)33-29(32-20)26-25-19-14-16(7-10-22(19)37-27(25)26)36-23-12-13-31-28-18(23)8-11-24(35)34-28/h6-7,9-10,12-15,25-27H,8,11H2,1-5H3,(H,32,33)(H,31,34,35). The fourth-order valence-electron chi connectivity index (χ4n) is 5.39. The molecule has 39 heavy (non-hydrogen) atoms. The van der Waals surface area contributed by atoms with E-state index in [0.717, 1.165) is 51.0 Å². The molecule has 1 saturated carbocycles. The van der Waals surface area contributed by atoms with Crippen LogP contribution >= 0.6 is 0 Å². The van der Waals surface area contributed by atoms with E-state index >= 15 is 0 Å². The van der Waals surface area contributed by atoms with E-state index in [2.05, 4.69) is 61.3 Å². The predicted molar refractivity (Wildman–Crippen MR) is 152 cm³/mol. The summed E-state index contributed by atoms with van der Waals surface area (Å²) in [4.78, 5) is 24.5. The second-order valence-electron chi connectivity index (χ2n) is 12.3. The van der Waals surface area contributed by atoms with Gasteiger partial charge in [-0.2, -0.15) is 0 Å². The number of imidazole rings is 1. The van der Waals surface area contributed by atoms with Gasteiger partial charge in [0, 0.05) is 35.7 Å². The molecule has 2 aromatic carbocycles. The van der Waals surface area contributed by atoms with Crippen molar-refractivity contribution in [2.45, 2.75) is 69.7 Å². The lowest BCUT2D eigenvalue weighted by molar-refractivity contribution is -0.116. The Morgan fingerprint density at radius 2 is 1.85 bits per heavy atom. The number of aromatic amines is 1. The molecule has 3 atom stereocenters. The Balaban J connectivity index is 1.11. The van der Waals surface area contributed by atoms with E-state index in [1.165, 1.54) is 0 Å². The highest BCUT2D eigenvalue weighted by molar-refractivity contribution is 6.74. The first kappa shape index (κ1) is 24.2. The number of ether oxygens (including phenoxy) is 2. The smallest absolute Gasteiger partial charge is 0.250 e. The van der Waals surface area contributed by atoms with Crippen LogP contribution in [-0.2, 0) is 11.2 Å². The van der Waals surface area contributed by atoms with E-state index < -0.39 is 8.32 Å². The van der Waals surface area contributed by atoms with E-state index in [1.807, 2.05) is 30.3 Å². The number of H-pyrrole nitrogens is 1. The summed E-state index contributed by atoms with van der Waals surface area (Å²) in [6.45, 7) is 11.3. The van der Waals surface area contributed by atoms with Crippen LogP contribution < -0.4 is 19.2 Å². The number of aromatic nitrogens is 3. The number of benzene rings is 2. The van der Waals surface area contributed by atoms with Crippen LogP contribution in [0.15, 0.2) is 48.7 Å². The number of hydrogen-bond donors (Lipinski definition) is 2. The Morgan fingerprint density at radius 3 is 2.67 bits per heavy atom. The molecule has 4 aromatic rings. The van der Waals surface area contributed by atoms with Gasteiger partial charge in [-0.15, -0.1) is 0 Å². The van der Waals surface area contributed by atoms with Crippen LogP contribution in [0.2, 0.25) is 18.1 Å². The number of hydrogen-bond acceptors (Lipinski definition) is 6. The number of rotatable bonds is 5. The lowest BCUT2D eigenvalue weighted by Crippen LogP contribution is -2.43. The van der Waals surface area contributed by atoms with Gasteiger partial charge in [0.1, 0.15) is 40.7 Å². The Kier molecular flexibility index (Phi) is 5.16. The molecule has 2 aromatic heterocycles. The average Bonchev–Trinajstić information content (AvgIpc) is 3.22. The average molecular weight is 541 g/mol. The summed E-state index contributed by atoms with van der Waals surface area (Å²) in [5, 5.41) is 2.96. The van der Waals surface area contributed by atoms with Gasteiger partial charge >= 0.3 is 0 Å². The number of fused-ring (bicyclic) bond motifs is 5. The first-order valence-electron chi connectivity index (χ1n) is 13.5. The molecule has 9 heteroatoms. The quantitative estimate of drug-likeness (QED) is 0.275. The summed E-state index contributed by atoms with van der Waals surface area (Å²) in [7, 11) is -1.93. The maximum absolute atomic E-state index is 11.8. The minimum Gasteiger partial charge on any atom is -0.543 e. The zero-order valence-electron chi connectivity index (χ0n) is 22.8. The molecule has 2 aliphatic heterocycles. The second-order valence-corrected chi connectivity index (χ2v) is 17.0. The molecule has 3 aliphatic rings. The van der Waals surface area contributed by atoms with Crippen LogP contribution in [0.25, 0.3) is 11.0 Å². The van der Waals surface area contributed by atoms with Crippen LogP contribution in [0.3, 0.4) is 0 Å². The molecular formula is C30H32N4O4Si. The monoisotopic (exact) mass is 540 g/mol. The number of nitrogens with one attached hydrogen (secondary N) is 2. The fraction of sp³-hybridized carbons (Fsp3) is 0.367. The van der Waals surface area contributed by atoms with Crippen molar-refractivity contribution in [2.24, 2.45) is 0 Å². The van der Waals surface area contributed by atoms with Crippen LogP contribution in [0.4, 0.5) is 5.82 Å². The topological polar surface area (TPSA) is 98.4 Å². The van der Waals surface area contributed by atoms with Crippen LogP contribution in [0.1, 0.15) is 56.0 Å². The van der Waals surface area contributed by atoms with Crippen LogP contribution in [0, 0.1) is 0 Å². The molecule has 4 heterocycles. The van der Waals surface area contributed by atoms with Gasteiger partial charge in [0.25, 0.3) is 0 Å². The normalized spacial score (nSPS) is 21.5. The van der Waals surface area contributed by atoms with Crippen molar-refractivity contribution >= 4 is 31.1 Å². The van der Waals surface area contributed by atoms with Crippen molar-refractivity contribution in [3.05, 3.63) is 65.6 Å². The zero-order valence-corrected chi connectivity index (χ0v) is 23.8. The van der Waals surface area contributed by atoms with Crippen molar-refractivity contribution in [1.29, 1.82) is 0 Å². The predicted octanol–water partition coefficient (Wildman–Crippen LogP) is 6.66. The number of carbonyl (C=O) groups is 1. The molecule has 1 fully saturated rings. The van der Waals surface area contributed by atoms with Gasteiger partial charge in [-0.1, -0.05) is 20.8 Å². The second kappa shape index (κ2) is 8.32. The molecule has 1 amide bonds. The third-order valence-corrected chi connectivity index (χ3v) is 13.0. The fourth-order valence-corrected chi connectivity index (χ4v) is 6.41. The van der Waals surface area contributed by atoms with Crippen LogP contribution in [-0.4, -0.2) is 35.3 Å². The lowest BCUT2D eigenvalue weighted by atomic mass is 10.1. The Morgan fingerprint density at radius 1 is 1.03 bits per heavy atom. The highest BCUT2D eigenvalue weighted by Crippen LogP contribution is 2.63. The first-order valence-corrected chi connectivity index (χ1v) is 16.4. The molecule has 0 radical (unpaired) electrons. The van der Waals surface area contributed by atoms with Gasteiger partial charge in [0.05, 0.1) is 17.0 Å². The molecule has 8 nitrogen and oxygen atoms in total. The third kappa shape index (κ3) is 4.07. The zero-order chi connectivity index (χ0) is 27.1. The first-order chi connectivity index (χ1) is 18.6. The minimum atomic E-state index is -1.93. The van der Waals surface area contributed by atoms with Gasteiger partial charge in [-0.3, -0.25) is 4.79 Å². The van der Waals surface area contributed by atoms with Crippen molar-refractivity contribution in [2.75, 3.05) is 5.32 Å². The Labute approximate surface area is 228 Å². The molecule has 2 N–H and O–H groups in total.